The fourth-order valence-electron chi connectivity index (χ4n) is 2.99. The molecule has 1 amide bonds. The van der Waals surface area contributed by atoms with Crippen molar-refractivity contribution in [3.8, 4) is 0 Å². The summed E-state index contributed by atoms with van der Waals surface area (Å²) in [4.78, 5) is 12.9. The molecular weight excluding hydrogens is 395 g/mol. The first-order valence-corrected chi connectivity index (χ1v) is 10.0. The molecule has 1 fully saturated rings. The number of quaternary nitrogens is 1. The Morgan fingerprint density at radius 3 is 2.21 bits per heavy atom. The minimum absolute atomic E-state index is 0.0156. The third kappa shape index (κ3) is 4.70. The van der Waals surface area contributed by atoms with Gasteiger partial charge in [0.2, 0.25) is 10.0 Å². The van der Waals surface area contributed by atoms with Crippen molar-refractivity contribution in [1.29, 1.82) is 0 Å². The molecule has 0 bridgehead atoms. The van der Waals surface area contributed by atoms with E-state index in [0.717, 1.165) is 29.2 Å². The molecule has 3 rings (SSSR count). The molecule has 1 saturated heterocycles. The second-order valence-electron chi connectivity index (χ2n) is 6.46. The highest BCUT2D eigenvalue weighted by Gasteiger charge is 2.31. The molecule has 2 aromatic rings. The first-order valence-electron chi connectivity index (χ1n) is 8.60. The van der Waals surface area contributed by atoms with Crippen LogP contribution in [0.3, 0.4) is 0 Å². The van der Waals surface area contributed by atoms with E-state index in [4.69, 9.17) is 0 Å². The van der Waals surface area contributed by atoms with Crippen molar-refractivity contribution in [2.45, 2.75) is 4.90 Å². The number of sulfonamides is 1. The number of benzene rings is 2. The van der Waals surface area contributed by atoms with Gasteiger partial charge in [-0.15, -0.1) is 0 Å². The van der Waals surface area contributed by atoms with Crippen molar-refractivity contribution >= 4 is 21.6 Å². The largest absolute Gasteiger partial charge is 0.325 e. The number of hydrogen-bond acceptors (Lipinski definition) is 3. The van der Waals surface area contributed by atoms with Crippen LogP contribution in [0.2, 0.25) is 0 Å². The molecule has 1 aliphatic rings. The molecule has 0 atom stereocenters. The highest BCUT2D eigenvalue weighted by atomic mass is 32.2. The van der Waals surface area contributed by atoms with E-state index < -0.39 is 33.4 Å². The summed E-state index contributed by atoms with van der Waals surface area (Å²) in [5.41, 5.74) is -0.108. The lowest BCUT2D eigenvalue weighted by atomic mass is 10.3. The molecule has 1 heterocycles. The smallest absolute Gasteiger partial charge is 0.279 e. The predicted molar refractivity (Wildman–Crippen MR) is 95.7 cm³/mol. The summed E-state index contributed by atoms with van der Waals surface area (Å²) in [5, 5.41) is 2.39. The normalized spacial score (nSPS) is 16.1. The van der Waals surface area contributed by atoms with Gasteiger partial charge in [-0.2, -0.15) is 4.31 Å². The van der Waals surface area contributed by atoms with Crippen LogP contribution in [0.1, 0.15) is 0 Å². The van der Waals surface area contributed by atoms with Crippen LogP contribution in [0.4, 0.5) is 18.9 Å². The molecule has 150 valence electrons. The summed E-state index contributed by atoms with van der Waals surface area (Å²) in [6.45, 7) is 1.21. The molecule has 2 aromatic carbocycles. The molecule has 10 heteroatoms. The van der Waals surface area contributed by atoms with Crippen LogP contribution >= 0.6 is 0 Å². The molecule has 1 aliphatic heterocycles. The number of anilines is 1. The van der Waals surface area contributed by atoms with Crippen molar-refractivity contribution < 1.29 is 31.3 Å². The van der Waals surface area contributed by atoms with Gasteiger partial charge in [-0.05, 0) is 36.4 Å². The monoisotopic (exact) mass is 414 g/mol. The molecule has 0 aliphatic carbocycles. The van der Waals surface area contributed by atoms with Crippen LogP contribution in [-0.4, -0.2) is 51.4 Å². The minimum Gasteiger partial charge on any atom is -0.325 e. The predicted octanol–water partition coefficient (Wildman–Crippen LogP) is 0.632. The second kappa shape index (κ2) is 8.29. The van der Waals surface area contributed by atoms with Gasteiger partial charge in [-0.3, -0.25) is 4.79 Å². The van der Waals surface area contributed by atoms with Gasteiger partial charge in [-0.1, -0.05) is 0 Å². The highest BCUT2D eigenvalue weighted by Crippen LogP contribution is 2.16. The van der Waals surface area contributed by atoms with E-state index in [0.29, 0.717) is 19.2 Å². The summed E-state index contributed by atoms with van der Waals surface area (Å²) >= 11 is 0. The van der Waals surface area contributed by atoms with Gasteiger partial charge in [0.1, 0.15) is 17.5 Å². The number of carbonyl (C=O) groups excluding carboxylic acids is 1. The Labute approximate surface area is 160 Å². The van der Waals surface area contributed by atoms with E-state index in [-0.39, 0.29) is 30.2 Å². The van der Waals surface area contributed by atoms with Crippen LogP contribution in [0, 0.1) is 17.5 Å². The number of halogens is 3. The van der Waals surface area contributed by atoms with Crippen molar-refractivity contribution in [1.82, 2.24) is 4.31 Å². The Morgan fingerprint density at radius 1 is 1.00 bits per heavy atom. The SMILES string of the molecule is O=C(C[NH+]1CCN(S(=O)(=O)c2ccc(F)cc2)CC1)Nc1ccc(F)cc1F. The standard InChI is InChI=1S/C18H18F3N3O3S/c19-13-1-4-15(5-2-13)28(26,27)24-9-7-23(8-10-24)12-18(25)22-17-6-3-14(20)11-16(17)21/h1-6,11H,7-10,12H2,(H,22,25)/p+1. The Morgan fingerprint density at radius 2 is 1.61 bits per heavy atom. The quantitative estimate of drug-likeness (QED) is 0.754. The maximum Gasteiger partial charge on any atom is 0.279 e. The zero-order chi connectivity index (χ0) is 20.3. The van der Waals surface area contributed by atoms with Gasteiger partial charge >= 0.3 is 0 Å². The van der Waals surface area contributed by atoms with Crippen molar-refractivity contribution in [2.24, 2.45) is 0 Å². The number of hydrogen-bond donors (Lipinski definition) is 2. The van der Waals surface area contributed by atoms with E-state index in [1.807, 2.05) is 0 Å². The van der Waals surface area contributed by atoms with E-state index in [1.54, 1.807) is 0 Å². The number of amides is 1. The Balaban J connectivity index is 1.55. The van der Waals surface area contributed by atoms with Crippen LogP contribution in [0.25, 0.3) is 0 Å². The van der Waals surface area contributed by atoms with E-state index in [1.165, 1.54) is 16.4 Å². The topological polar surface area (TPSA) is 70.9 Å². The maximum atomic E-state index is 13.6. The van der Waals surface area contributed by atoms with Gasteiger partial charge in [0.25, 0.3) is 5.91 Å². The first-order chi connectivity index (χ1) is 13.3. The van der Waals surface area contributed by atoms with Gasteiger partial charge < -0.3 is 10.2 Å². The third-order valence-electron chi connectivity index (χ3n) is 4.50. The van der Waals surface area contributed by atoms with Gasteiger partial charge in [0, 0.05) is 6.07 Å². The number of rotatable bonds is 5. The Kier molecular flexibility index (Phi) is 6.01. The highest BCUT2D eigenvalue weighted by molar-refractivity contribution is 7.89. The molecule has 0 radical (unpaired) electrons. The van der Waals surface area contributed by atoms with Crippen LogP contribution < -0.4 is 10.2 Å². The fraction of sp³-hybridized carbons (Fsp3) is 0.278. The summed E-state index contributed by atoms with van der Waals surface area (Å²) in [7, 11) is -3.72. The zero-order valence-electron chi connectivity index (χ0n) is 14.8. The Bertz CT molecular complexity index is 960. The molecule has 28 heavy (non-hydrogen) atoms. The van der Waals surface area contributed by atoms with Crippen molar-refractivity contribution in [3.63, 3.8) is 0 Å². The number of nitrogens with zero attached hydrogens (tertiary/aromatic N) is 1. The molecule has 0 unspecified atom stereocenters. The lowest BCUT2D eigenvalue weighted by Gasteiger charge is -2.31. The van der Waals surface area contributed by atoms with Crippen molar-refractivity contribution in [3.05, 3.63) is 59.9 Å². The zero-order valence-corrected chi connectivity index (χ0v) is 15.6. The van der Waals surface area contributed by atoms with Crippen LogP contribution in [0.5, 0.6) is 0 Å². The number of nitrogens with one attached hydrogen (secondary N) is 2. The number of carbonyl (C=O) groups is 1. The van der Waals surface area contributed by atoms with Crippen molar-refractivity contribution in [2.75, 3.05) is 38.0 Å². The number of piperazine rings is 1. The second-order valence-corrected chi connectivity index (χ2v) is 8.40. The maximum absolute atomic E-state index is 13.6. The lowest BCUT2D eigenvalue weighted by molar-refractivity contribution is -0.895. The molecule has 6 nitrogen and oxygen atoms in total. The average molecular weight is 414 g/mol. The molecular formula is C18H19F3N3O3S+. The first kappa shape index (κ1) is 20.3. The lowest BCUT2D eigenvalue weighted by Crippen LogP contribution is -3.15. The summed E-state index contributed by atoms with van der Waals surface area (Å²) < 4.78 is 65.9. The summed E-state index contributed by atoms with van der Waals surface area (Å²) in [5.74, 6) is -2.56. The van der Waals surface area contributed by atoms with Gasteiger partial charge in [-0.25, -0.2) is 21.6 Å². The average Bonchev–Trinajstić information content (AvgIpc) is 2.65. The molecule has 0 saturated carbocycles. The summed E-state index contributed by atoms with van der Waals surface area (Å²) in [6.07, 6.45) is 0. The van der Waals surface area contributed by atoms with E-state index in [9.17, 15) is 26.4 Å². The molecule has 2 N–H and O–H groups in total. The van der Waals surface area contributed by atoms with E-state index in [2.05, 4.69) is 5.32 Å². The van der Waals surface area contributed by atoms with Gasteiger partial charge in [0.05, 0.1) is 36.8 Å². The molecule has 0 spiro atoms. The fourth-order valence-corrected chi connectivity index (χ4v) is 4.43. The Hall–Kier alpha value is -2.43. The molecule has 0 aromatic heterocycles. The van der Waals surface area contributed by atoms with Crippen LogP contribution in [-0.2, 0) is 14.8 Å². The van der Waals surface area contributed by atoms with Crippen LogP contribution in [0.15, 0.2) is 47.4 Å². The van der Waals surface area contributed by atoms with E-state index >= 15 is 0 Å². The minimum atomic E-state index is -3.72. The summed E-state index contributed by atoms with van der Waals surface area (Å²) in [6, 6.07) is 7.49. The third-order valence-corrected chi connectivity index (χ3v) is 6.41. The van der Waals surface area contributed by atoms with Gasteiger partial charge in [0.15, 0.2) is 6.54 Å².